The number of aromatic nitrogens is 2. The summed E-state index contributed by atoms with van der Waals surface area (Å²) < 4.78 is 6.60. The minimum absolute atomic E-state index is 0.0165. The van der Waals surface area contributed by atoms with Gasteiger partial charge in [-0.2, -0.15) is 5.10 Å². The van der Waals surface area contributed by atoms with Crippen LogP contribution >= 0.6 is 0 Å². The van der Waals surface area contributed by atoms with E-state index in [0.29, 0.717) is 0 Å². The Kier molecular flexibility index (Phi) is 5.22. The Morgan fingerprint density at radius 2 is 1.73 bits per heavy atom. The molecule has 3 rings (SSSR count). The molecule has 0 atom stereocenters. The lowest BCUT2D eigenvalue weighted by Gasteiger charge is -2.06. The molecular weight excluding hydrogens is 404 g/mol. The molecule has 1 amide bonds. The van der Waals surface area contributed by atoms with Crippen molar-refractivity contribution in [2.24, 2.45) is 0 Å². The fraction of sp³-hybridized carbons (Fsp3) is 0.125. The molecule has 0 aliphatic rings. The second-order valence-electron chi connectivity index (χ2n) is 6.03. The molecule has 30 heavy (non-hydrogen) atoms. The lowest BCUT2D eigenvalue weighted by Crippen LogP contribution is -2.12. The number of nitro groups is 3. The molecule has 0 radical (unpaired) electrons. The molecule has 1 N–H and O–H groups in total. The number of nitro benzene ring substituents is 2. The van der Waals surface area contributed by atoms with Crippen molar-refractivity contribution in [3.63, 3.8) is 0 Å². The monoisotopic (exact) mass is 416 g/mol. The summed E-state index contributed by atoms with van der Waals surface area (Å²) >= 11 is 0. The van der Waals surface area contributed by atoms with Crippen LogP contribution in [0.2, 0.25) is 0 Å². The van der Waals surface area contributed by atoms with E-state index in [9.17, 15) is 35.1 Å². The van der Waals surface area contributed by atoms with Crippen LogP contribution in [0.5, 0.6) is 0 Å². The van der Waals surface area contributed by atoms with Crippen LogP contribution in [0.3, 0.4) is 0 Å². The van der Waals surface area contributed by atoms with E-state index in [2.05, 4.69) is 10.4 Å². The summed E-state index contributed by atoms with van der Waals surface area (Å²) in [6, 6.07) is 4.78. The molecule has 0 aliphatic heterocycles. The van der Waals surface area contributed by atoms with Crippen LogP contribution in [0.15, 0.2) is 41.1 Å². The smallest absolute Gasteiger partial charge is 0.307 e. The molecule has 154 valence electrons. The van der Waals surface area contributed by atoms with E-state index in [1.165, 1.54) is 29.9 Å². The maximum atomic E-state index is 12.4. The SMILES string of the molecule is Cc1c([N+](=O)[O-])cc(NC(=O)c2ccc(Cn3cc([N+](=O)[O-])cn3)o2)cc1[N+](=O)[O-]. The van der Waals surface area contributed by atoms with Gasteiger partial charge in [0.1, 0.15) is 23.7 Å². The molecule has 0 unspecified atom stereocenters. The molecule has 3 aromatic rings. The molecule has 2 heterocycles. The molecule has 14 nitrogen and oxygen atoms in total. The Morgan fingerprint density at radius 3 is 2.27 bits per heavy atom. The van der Waals surface area contributed by atoms with Gasteiger partial charge in [-0.25, -0.2) is 0 Å². The van der Waals surface area contributed by atoms with Crippen molar-refractivity contribution in [1.29, 1.82) is 0 Å². The van der Waals surface area contributed by atoms with Crippen LogP contribution in [0.1, 0.15) is 21.9 Å². The number of carbonyl (C=O) groups excluding carboxylic acids is 1. The predicted molar refractivity (Wildman–Crippen MR) is 99.1 cm³/mol. The molecule has 0 fully saturated rings. The van der Waals surface area contributed by atoms with Crippen LogP contribution in [0.25, 0.3) is 0 Å². The third-order valence-corrected chi connectivity index (χ3v) is 4.04. The van der Waals surface area contributed by atoms with Gasteiger partial charge >= 0.3 is 5.69 Å². The first-order chi connectivity index (χ1) is 14.2. The predicted octanol–water partition coefficient (Wildman–Crippen LogP) is 2.81. The summed E-state index contributed by atoms with van der Waals surface area (Å²) in [5.41, 5.74) is -1.52. The number of nitrogens with zero attached hydrogens (tertiary/aromatic N) is 5. The van der Waals surface area contributed by atoms with E-state index in [-0.39, 0.29) is 35.0 Å². The van der Waals surface area contributed by atoms with Gasteiger partial charge < -0.3 is 9.73 Å². The highest BCUT2D eigenvalue weighted by Crippen LogP contribution is 2.32. The third kappa shape index (κ3) is 4.11. The van der Waals surface area contributed by atoms with E-state index in [1.807, 2.05) is 0 Å². The van der Waals surface area contributed by atoms with Crippen LogP contribution in [0, 0.1) is 37.3 Å². The third-order valence-electron chi connectivity index (χ3n) is 4.04. The number of hydrogen-bond donors (Lipinski definition) is 1. The number of benzene rings is 1. The van der Waals surface area contributed by atoms with Gasteiger partial charge in [0.25, 0.3) is 17.3 Å². The maximum absolute atomic E-state index is 12.4. The normalized spacial score (nSPS) is 10.6. The number of carbonyl (C=O) groups is 1. The quantitative estimate of drug-likeness (QED) is 0.445. The van der Waals surface area contributed by atoms with Crippen molar-refractivity contribution < 1.29 is 24.0 Å². The standard InChI is InChI=1S/C16H12N6O8/c1-9-13(21(26)27)4-10(5-14(9)22(28)29)18-16(23)15-3-2-12(30-15)8-19-7-11(6-17-19)20(24)25/h2-7H,8H2,1H3,(H,18,23). The van der Waals surface area contributed by atoms with Crippen molar-refractivity contribution in [2.45, 2.75) is 13.5 Å². The molecular formula is C16H12N6O8. The Balaban J connectivity index is 1.79. The average Bonchev–Trinajstić information content (AvgIpc) is 3.32. The van der Waals surface area contributed by atoms with Crippen molar-refractivity contribution in [1.82, 2.24) is 9.78 Å². The summed E-state index contributed by atoms with van der Waals surface area (Å²) in [5.74, 6) is -0.698. The van der Waals surface area contributed by atoms with Gasteiger partial charge in [-0.1, -0.05) is 0 Å². The molecule has 0 bridgehead atoms. The van der Waals surface area contributed by atoms with Gasteiger partial charge in [0.05, 0.1) is 27.0 Å². The zero-order chi connectivity index (χ0) is 22.0. The van der Waals surface area contributed by atoms with Crippen LogP contribution < -0.4 is 5.32 Å². The van der Waals surface area contributed by atoms with E-state index in [0.717, 1.165) is 18.3 Å². The van der Waals surface area contributed by atoms with Crippen molar-refractivity contribution in [2.75, 3.05) is 5.32 Å². The highest BCUT2D eigenvalue weighted by molar-refractivity contribution is 6.02. The summed E-state index contributed by atoms with van der Waals surface area (Å²) in [6.45, 7) is 1.25. The minimum Gasteiger partial charge on any atom is -0.454 e. The number of amides is 1. The van der Waals surface area contributed by atoms with Crippen LogP contribution in [-0.4, -0.2) is 30.5 Å². The van der Waals surface area contributed by atoms with E-state index in [4.69, 9.17) is 4.42 Å². The molecule has 0 saturated heterocycles. The Bertz CT molecular complexity index is 1150. The van der Waals surface area contributed by atoms with Crippen molar-refractivity contribution in [3.05, 3.63) is 84.1 Å². The van der Waals surface area contributed by atoms with Gasteiger partial charge in [-0.3, -0.25) is 39.8 Å². The Morgan fingerprint density at radius 1 is 1.10 bits per heavy atom. The van der Waals surface area contributed by atoms with Gasteiger partial charge in [0, 0.05) is 12.1 Å². The molecule has 0 spiro atoms. The molecule has 2 aromatic heterocycles. The fourth-order valence-electron chi connectivity index (χ4n) is 2.61. The topological polar surface area (TPSA) is 189 Å². The van der Waals surface area contributed by atoms with Gasteiger partial charge in [0.15, 0.2) is 5.76 Å². The molecule has 0 aliphatic carbocycles. The first-order valence-electron chi connectivity index (χ1n) is 8.16. The van der Waals surface area contributed by atoms with Crippen LogP contribution in [0.4, 0.5) is 22.7 Å². The summed E-state index contributed by atoms with van der Waals surface area (Å²) in [4.78, 5) is 43.1. The molecule has 1 aromatic carbocycles. The first kappa shape index (κ1) is 20.1. The Labute approximate surface area is 166 Å². The van der Waals surface area contributed by atoms with Gasteiger partial charge in [0.2, 0.25) is 0 Å². The van der Waals surface area contributed by atoms with E-state index in [1.54, 1.807) is 0 Å². The van der Waals surface area contributed by atoms with Crippen LogP contribution in [-0.2, 0) is 6.54 Å². The minimum atomic E-state index is -0.792. The lowest BCUT2D eigenvalue weighted by molar-refractivity contribution is -0.395. The summed E-state index contributed by atoms with van der Waals surface area (Å²) in [5, 5.41) is 39.1. The largest absolute Gasteiger partial charge is 0.454 e. The van der Waals surface area contributed by atoms with Gasteiger partial charge in [-0.15, -0.1) is 0 Å². The maximum Gasteiger partial charge on any atom is 0.307 e. The number of rotatable bonds is 7. The second-order valence-corrected chi connectivity index (χ2v) is 6.03. The van der Waals surface area contributed by atoms with Crippen molar-refractivity contribution in [3.8, 4) is 0 Å². The molecule has 0 saturated carbocycles. The number of nitrogens with one attached hydrogen (secondary N) is 1. The number of anilines is 1. The van der Waals surface area contributed by atoms with E-state index < -0.39 is 32.1 Å². The molecule has 14 heteroatoms. The highest BCUT2D eigenvalue weighted by Gasteiger charge is 2.24. The first-order valence-corrected chi connectivity index (χ1v) is 8.16. The zero-order valence-electron chi connectivity index (χ0n) is 15.2. The fourth-order valence-corrected chi connectivity index (χ4v) is 2.61. The average molecular weight is 416 g/mol. The Hall–Kier alpha value is -4.62. The second kappa shape index (κ2) is 7.78. The van der Waals surface area contributed by atoms with Crippen molar-refractivity contribution >= 4 is 28.7 Å². The zero-order valence-corrected chi connectivity index (χ0v) is 15.2. The highest BCUT2D eigenvalue weighted by atomic mass is 16.6. The number of furan rings is 1. The summed E-state index contributed by atoms with van der Waals surface area (Å²) in [7, 11) is 0. The summed E-state index contributed by atoms with van der Waals surface area (Å²) in [6.07, 6.45) is 2.25. The lowest BCUT2D eigenvalue weighted by atomic mass is 10.1. The van der Waals surface area contributed by atoms with E-state index >= 15 is 0 Å². The van der Waals surface area contributed by atoms with Gasteiger partial charge in [-0.05, 0) is 19.1 Å². The number of hydrogen-bond acceptors (Lipinski definition) is 9.